The van der Waals surface area contributed by atoms with Gasteiger partial charge in [0, 0.05) is 19.0 Å². The molecule has 1 fully saturated rings. The number of benzene rings is 1. The Kier molecular flexibility index (Phi) is 8.13. The zero-order valence-corrected chi connectivity index (χ0v) is 17.7. The van der Waals surface area contributed by atoms with Gasteiger partial charge in [0.2, 0.25) is 5.91 Å². The number of halogens is 1. The van der Waals surface area contributed by atoms with Crippen molar-refractivity contribution in [3.63, 3.8) is 0 Å². The van der Waals surface area contributed by atoms with Crippen LogP contribution in [0, 0.1) is 11.8 Å². The van der Waals surface area contributed by atoms with Crippen LogP contribution in [-0.4, -0.2) is 56.1 Å². The van der Waals surface area contributed by atoms with Crippen LogP contribution in [0.2, 0.25) is 5.02 Å². The summed E-state index contributed by atoms with van der Waals surface area (Å²) < 4.78 is 16.1. The molecule has 0 spiro atoms. The lowest BCUT2D eigenvalue weighted by molar-refractivity contribution is -0.137. The third kappa shape index (κ3) is 6.25. The van der Waals surface area contributed by atoms with Crippen molar-refractivity contribution in [3.05, 3.63) is 22.7 Å². The highest BCUT2D eigenvalue weighted by Gasteiger charge is 2.26. The summed E-state index contributed by atoms with van der Waals surface area (Å²) in [6.45, 7) is 4.86. The number of nitrogens with zero attached hydrogens (tertiary/aromatic N) is 1. The number of hydrogen-bond donors (Lipinski definition) is 1. The van der Waals surface area contributed by atoms with Gasteiger partial charge < -0.3 is 24.8 Å². The van der Waals surface area contributed by atoms with Crippen LogP contribution < -0.4 is 15.2 Å². The third-order valence-electron chi connectivity index (χ3n) is 4.60. The second-order valence-corrected chi connectivity index (χ2v) is 7.74. The number of rotatable bonds is 8. The normalized spacial score (nSPS) is 14.6. The van der Waals surface area contributed by atoms with Crippen molar-refractivity contribution in [1.29, 1.82) is 0 Å². The minimum Gasteiger partial charge on any atom is -0.493 e. The molecule has 0 aliphatic carbocycles. The molecule has 0 unspecified atom stereocenters. The molecule has 0 radical (unpaired) electrons. The molecule has 1 saturated heterocycles. The summed E-state index contributed by atoms with van der Waals surface area (Å²) in [5.74, 6) is -0.628. The van der Waals surface area contributed by atoms with Gasteiger partial charge in [-0.15, -0.1) is 0 Å². The quantitative estimate of drug-likeness (QED) is 0.639. The number of amides is 2. The van der Waals surface area contributed by atoms with Gasteiger partial charge in [-0.05, 0) is 30.9 Å². The zero-order chi connectivity index (χ0) is 21.6. The molecule has 1 aliphatic heterocycles. The first-order chi connectivity index (χ1) is 13.7. The van der Waals surface area contributed by atoms with E-state index >= 15 is 0 Å². The molecule has 1 aromatic carbocycles. The van der Waals surface area contributed by atoms with Gasteiger partial charge in [0.25, 0.3) is 5.91 Å². The molecule has 160 valence electrons. The lowest BCUT2D eigenvalue weighted by Crippen LogP contribution is -2.43. The van der Waals surface area contributed by atoms with Crippen LogP contribution in [0.3, 0.4) is 0 Å². The molecule has 9 heteroatoms. The van der Waals surface area contributed by atoms with E-state index in [0.29, 0.717) is 50.0 Å². The maximum atomic E-state index is 12.4. The highest BCUT2D eigenvalue weighted by molar-refractivity contribution is 6.32. The summed E-state index contributed by atoms with van der Waals surface area (Å²) in [4.78, 5) is 37.4. The van der Waals surface area contributed by atoms with Gasteiger partial charge in [0.15, 0.2) is 18.1 Å². The lowest BCUT2D eigenvalue weighted by atomic mass is 9.96. The summed E-state index contributed by atoms with van der Waals surface area (Å²) in [5, 5.41) is 0.219. The van der Waals surface area contributed by atoms with Gasteiger partial charge in [0.05, 0.1) is 24.3 Å². The van der Waals surface area contributed by atoms with Crippen LogP contribution in [0.25, 0.3) is 0 Å². The molecule has 2 amide bonds. The van der Waals surface area contributed by atoms with Gasteiger partial charge in [-0.25, -0.2) is 4.79 Å². The van der Waals surface area contributed by atoms with E-state index in [0.717, 1.165) is 0 Å². The van der Waals surface area contributed by atoms with E-state index in [4.69, 9.17) is 31.5 Å². The number of carbonyl (C=O) groups excluding carboxylic acids is 3. The Hall–Kier alpha value is -2.48. The topological polar surface area (TPSA) is 108 Å². The minimum absolute atomic E-state index is 0.156. The van der Waals surface area contributed by atoms with Crippen LogP contribution in [0.1, 0.15) is 37.0 Å². The predicted octanol–water partition coefficient (Wildman–Crippen LogP) is 2.26. The van der Waals surface area contributed by atoms with E-state index in [-0.39, 0.29) is 28.3 Å². The van der Waals surface area contributed by atoms with Gasteiger partial charge in [0.1, 0.15) is 0 Å². The second-order valence-electron chi connectivity index (χ2n) is 7.33. The highest BCUT2D eigenvalue weighted by Crippen LogP contribution is 2.37. The molecule has 29 heavy (non-hydrogen) atoms. The number of esters is 1. The molecule has 1 aliphatic rings. The van der Waals surface area contributed by atoms with Gasteiger partial charge in [-0.2, -0.15) is 0 Å². The fourth-order valence-corrected chi connectivity index (χ4v) is 3.21. The van der Waals surface area contributed by atoms with Crippen LogP contribution in [0.4, 0.5) is 0 Å². The minimum atomic E-state index is -0.694. The third-order valence-corrected chi connectivity index (χ3v) is 4.88. The summed E-state index contributed by atoms with van der Waals surface area (Å²) in [5.41, 5.74) is 5.45. The summed E-state index contributed by atoms with van der Waals surface area (Å²) in [6.07, 6.45) is 1.03. The van der Waals surface area contributed by atoms with Crippen LogP contribution in [0.15, 0.2) is 12.1 Å². The standard InChI is InChI=1S/C20H27ClN2O6/c1-12(2)10-28-18-15(21)8-14(9-16(18)27-3)20(26)29-11-17(24)23-6-4-13(5-7-23)19(22)25/h8-9,12-13H,4-7,10-11H2,1-3H3,(H2,22,25). The molecule has 1 aromatic rings. The SMILES string of the molecule is COc1cc(C(=O)OCC(=O)N2CCC(C(N)=O)CC2)cc(Cl)c1OCC(C)C. The maximum absolute atomic E-state index is 12.4. The van der Waals surface area contributed by atoms with Crippen molar-refractivity contribution < 1.29 is 28.6 Å². The first-order valence-electron chi connectivity index (χ1n) is 9.47. The van der Waals surface area contributed by atoms with Crippen LogP contribution >= 0.6 is 11.6 Å². The fraction of sp³-hybridized carbons (Fsp3) is 0.550. The second kappa shape index (κ2) is 10.3. The Morgan fingerprint density at radius 2 is 1.90 bits per heavy atom. The van der Waals surface area contributed by atoms with Crippen molar-refractivity contribution in [2.45, 2.75) is 26.7 Å². The average molecular weight is 427 g/mol. The number of ether oxygens (including phenoxy) is 3. The number of likely N-dealkylation sites (tertiary alicyclic amines) is 1. The van der Waals surface area contributed by atoms with E-state index in [1.54, 1.807) is 4.90 Å². The first kappa shape index (κ1) is 22.8. The Labute approximate surface area is 175 Å². The molecule has 1 heterocycles. The van der Waals surface area contributed by atoms with Crippen molar-refractivity contribution in [2.24, 2.45) is 17.6 Å². The van der Waals surface area contributed by atoms with Crippen LogP contribution in [0.5, 0.6) is 11.5 Å². The smallest absolute Gasteiger partial charge is 0.338 e. The number of hydrogen-bond acceptors (Lipinski definition) is 6. The van der Waals surface area contributed by atoms with E-state index in [1.807, 2.05) is 13.8 Å². The predicted molar refractivity (Wildman–Crippen MR) is 107 cm³/mol. The molecule has 0 bridgehead atoms. The Bertz CT molecular complexity index is 760. The van der Waals surface area contributed by atoms with E-state index in [2.05, 4.69) is 0 Å². The first-order valence-corrected chi connectivity index (χ1v) is 9.85. The number of carbonyl (C=O) groups is 3. The highest BCUT2D eigenvalue weighted by atomic mass is 35.5. The van der Waals surface area contributed by atoms with Crippen molar-refractivity contribution in [2.75, 3.05) is 33.4 Å². The molecule has 8 nitrogen and oxygen atoms in total. The molecular formula is C20H27ClN2O6. The number of piperidine rings is 1. The monoisotopic (exact) mass is 426 g/mol. The molecular weight excluding hydrogens is 400 g/mol. The molecule has 2 rings (SSSR count). The molecule has 0 saturated carbocycles. The molecule has 0 atom stereocenters. The molecule has 2 N–H and O–H groups in total. The van der Waals surface area contributed by atoms with Gasteiger partial charge in [-0.3, -0.25) is 9.59 Å². The summed E-state index contributed by atoms with van der Waals surface area (Å²) in [7, 11) is 1.45. The van der Waals surface area contributed by atoms with Crippen molar-refractivity contribution in [1.82, 2.24) is 4.90 Å². The Morgan fingerprint density at radius 1 is 1.24 bits per heavy atom. The number of methoxy groups -OCH3 is 1. The van der Waals surface area contributed by atoms with Crippen LogP contribution in [-0.2, 0) is 14.3 Å². The number of nitrogens with two attached hydrogens (primary N) is 1. The Morgan fingerprint density at radius 3 is 2.45 bits per heavy atom. The lowest BCUT2D eigenvalue weighted by Gasteiger charge is -2.30. The van der Waals surface area contributed by atoms with Crippen molar-refractivity contribution >= 4 is 29.4 Å². The number of primary amides is 1. The van der Waals surface area contributed by atoms with Crippen molar-refractivity contribution in [3.8, 4) is 11.5 Å². The van der Waals surface area contributed by atoms with E-state index < -0.39 is 12.6 Å². The summed E-state index contributed by atoms with van der Waals surface area (Å²) in [6, 6.07) is 2.89. The van der Waals surface area contributed by atoms with Gasteiger partial charge in [-0.1, -0.05) is 25.4 Å². The average Bonchev–Trinajstić information content (AvgIpc) is 2.70. The summed E-state index contributed by atoms with van der Waals surface area (Å²) >= 11 is 6.24. The zero-order valence-electron chi connectivity index (χ0n) is 16.9. The van der Waals surface area contributed by atoms with E-state index in [9.17, 15) is 14.4 Å². The largest absolute Gasteiger partial charge is 0.493 e. The van der Waals surface area contributed by atoms with E-state index in [1.165, 1.54) is 19.2 Å². The Balaban J connectivity index is 1.95. The maximum Gasteiger partial charge on any atom is 0.338 e. The molecule has 0 aromatic heterocycles. The fourth-order valence-electron chi connectivity index (χ4n) is 2.94. The van der Waals surface area contributed by atoms with Gasteiger partial charge >= 0.3 is 5.97 Å².